The average molecular weight is 875 g/mol. The van der Waals surface area contributed by atoms with Crippen molar-refractivity contribution in [1.82, 2.24) is 0 Å². The van der Waals surface area contributed by atoms with E-state index in [1.165, 1.54) is 205 Å². The number of ether oxygens (including phenoxy) is 3. The van der Waals surface area contributed by atoms with Gasteiger partial charge in [-0.05, 0) is 44.9 Å². The summed E-state index contributed by atoms with van der Waals surface area (Å²) < 4.78 is 16.8. The molecule has 0 aromatic carbocycles. The van der Waals surface area contributed by atoms with Gasteiger partial charge in [0, 0.05) is 19.3 Å². The second-order valence-corrected chi connectivity index (χ2v) is 18.9. The second-order valence-electron chi connectivity index (χ2n) is 18.9. The van der Waals surface area contributed by atoms with Crippen molar-refractivity contribution in [2.75, 3.05) is 13.2 Å². The molecule has 6 nitrogen and oxygen atoms in total. The van der Waals surface area contributed by atoms with Crippen molar-refractivity contribution in [2.45, 2.75) is 316 Å². The summed E-state index contributed by atoms with van der Waals surface area (Å²) in [4.78, 5) is 38.0. The normalized spacial score (nSPS) is 12.0. The average Bonchev–Trinajstić information content (AvgIpc) is 3.27. The third-order valence-electron chi connectivity index (χ3n) is 12.5. The molecule has 0 N–H and O–H groups in total. The number of carbonyl (C=O) groups excluding carboxylic acids is 3. The lowest BCUT2D eigenvalue weighted by Gasteiger charge is -2.18. The lowest BCUT2D eigenvalue weighted by Crippen LogP contribution is -2.30. The van der Waals surface area contributed by atoms with Gasteiger partial charge in [-0.15, -0.1) is 0 Å². The highest BCUT2D eigenvalue weighted by Crippen LogP contribution is 2.17. The van der Waals surface area contributed by atoms with E-state index < -0.39 is 6.10 Å². The molecule has 0 saturated carbocycles. The first-order chi connectivity index (χ1) is 30.5. The molecule has 0 fully saturated rings. The standard InChI is InChI=1S/C56H106O6/c1-4-7-10-13-16-19-22-25-27-29-31-34-37-40-43-46-49-55(58)61-52-53(51-60-54(57)48-45-42-39-36-33-30-24-21-18-15-12-9-6-3)62-56(59)50-47-44-41-38-35-32-28-26-23-20-17-14-11-8-5-2/h21,24,53H,4-20,22-23,25-52H2,1-3H3/b24-21-/t53-/m1/s1. The molecule has 0 bridgehead atoms. The molecule has 1 atom stereocenters. The van der Waals surface area contributed by atoms with Crippen LogP contribution in [-0.4, -0.2) is 37.2 Å². The van der Waals surface area contributed by atoms with Gasteiger partial charge in [0.25, 0.3) is 0 Å². The van der Waals surface area contributed by atoms with Gasteiger partial charge in [-0.2, -0.15) is 0 Å². The highest BCUT2D eigenvalue weighted by atomic mass is 16.6. The van der Waals surface area contributed by atoms with E-state index >= 15 is 0 Å². The maximum absolute atomic E-state index is 12.8. The number of rotatable bonds is 51. The molecule has 0 radical (unpaired) electrons. The monoisotopic (exact) mass is 875 g/mol. The molecule has 0 aromatic heterocycles. The van der Waals surface area contributed by atoms with E-state index in [4.69, 9.17) is 14.2 Å². The fourth-order valence-electron chi connectivity index (χ4n) is 8.32. The fourth-order valence-corrected chi connectivity index (χ4v) is 8.32. The van der Waals surface area contributed by atoms with E-state index in [9.17, 15) is 14.4 Å². The van der Waals surface area contributed by atoms with Crippen LogP contribution in [0.3, 0.4) is 0 Å². The smallest absolute Gasteiger partial charge is 0.306 e. The molecule has 0 rings (SSSR count). The van der Waals surface area contributed by atoms with Crippen molar-refractivity contribution in [3.8, 4) is 0 Å². The van der Waals surface area contributed by atoms with Crippen LogP contribution in [0.1, 0.15) is 310 Å². The van der Waals surface area contributed by atoms with E-state index in [0.717, 1.165) is 64.2 Å². The highest BCUT2D eigenvalue weighted by molar-refractivity contribution is 5.71. The van der Waals surface area contributed by atoms with E-state index in [1.54, 1.807) is 0 Å². The first-order valence-corrected chi connectivity index (χ1v) is 27.7. The molecule has 0 aliphatic rings. The van der Waals surface area contributed by atoms with Crippen molar-refractivity contribution in [3.05, 3.63) is 12.2 Å². The van der Waals surface area contributed by atoms with Gasteiger partial charge < -0.3 is 14.2 Å². The molecular weight excluding hydrogens is 769 g/mol. The molecule has 0 aromatic rings. The Bertz CT molecular complexity index is 962. The number of hydrogen-bond acceptors (Lipinski definition) is 6. The Balaban J connectivity index is 4.32. The van der Waals surface area contributed by atoms with Gasteiger partial charge >= 0.3 is 17.9 Å². The van der Waals surface area contributed by atoms with Gasteiger partial charge in [0.15, 0.2) is 6.10 Å². The van der Waals surface area contributed by atoms with Crippen LogP contribution in [0.4, 0.5) is 0 Å². The number of esters is 3. The van der Waals surface area contributed by atoms with Gasteiger partial charge in [0.2, 0.25) is 0 Å². The van der Waals surface area contributed by atoms with Crippen molar-refractivity contribution >= 4 is 17.9 Å². The summed E-state index contributed by atoms with van der Waals surface area (Å²) in [6.07, 6.45) is 57.6. The SMILES string of the molecule is CCCCCC/C=C\CCCCCCCC(=O)OC[C@H](COC(=O)CCCCCCCCCCCCCCCCCC)OC(=O)CCCCCCCCCCCCCCCCC. The summed E-state index contributed by atoms with van der Waals surface area (Å²) in [5.41, 5.74) is 0. The Hall–Kier alpha value is -1.85. The van der Waals surface area contributed by atoms with Crippen LogP contribution in [0.15, 0.2) is 12.2 Å². The zero-order valence-electron chi connectivity index (χ0n) is 41.9. The van der Waals surface area contributed by atoms with Crippen LogP contribution in [0.2, 0.25) is 0 Å². The highest BCUT2D eigenvalue weighted by Gasteiger charge is 2.19. The molecule has 0 spiro atoms. The van der Waals surface area contributed by atoms with E-state index in [2.05, 4.69) is 32.9 Å². The Morgan fingerprint density at radius 1 is 0.306 bits per heavy atom. The Morgan fingerprint density at radius 2 is 0.532 bits per heavy atom. The molecule has 0 unspecified atom stereocenters. The third-order valence-corrected chi connectivity index (χ3v) is 12.5. The fraction of sp³-hybridized carbons (Fsp3) is 0.911. The maximum Gasteiger partial charge on any atom is 0.306 e. The van der Waals surface area contributed by atoms with Crippen molar-refractivity contribution in [3.63, 3.8) is 0 Å². The molecule has 6 heteroatoms. The predicted octanol–water partition coefficient (Wildman–Crippen LogP) is 18.2. The predicted molar refractivity (Wildman–Crippen MR) is 266 cm³/mol. The van der Waals surface area contributed by atoms with E-state index in [0.29, 0.717) is 19.3 Å². The zero-order valence-corrected chi connectivity index (χ0v) is 41.9. The van der Waals surface area contributed by atoms with Crippen LogP contribution in [0.5, 0.6) is 0 Å². The Kier molecular flexibility index (Phi) is 50.2. The minimum absolute atomic E-state index is 0.0667. The number of carbonyl (C=O) groups is 3. The third kappa shape index (κ3) is 49.2. The minimum atomic E-state index is -0.766. The molecule has 0 aliphatic carbocycles. The van der Waals surface area contributed by atoms with E-state index in [-0.39, 0.29) is 31.1 Å². The summed E-state index contributed by atoms with van der Waals surface area (Å²) in [7, 11) is 0. The summed E-state index contributed by atoms with van der Waals surface area (Å²) in [6.45, 7) is 6.67. The van der Waals surface area contributed by atoms with Crippen LogP contribution in [0, 0.1) is 0 Å². The van der Waals surface area contributed by atoms with Gasteiger partial charge in [-0.3, -0.25) is 14.4 Å². The zero-order chi connectivity index (χ0) is 45.1. The summed E-state index contributed by atoms with van der Waals surface area (Å²) >= 11 is 0. The Labute approximate surface area is 386 Å². The van der Waals surface area contributed by atoms with Gasteiger partial charge in [0.1, 0.15) is 13.2 Å². The quantitative estimate of drug-likeness (QED) is 0.0262. The van der Waals surface area contributed by atoms with Gasteiger partial charge in [-0.1, -0.05) is 258 Å². The molecule has 366 valence electrons. The first-order valence-electron chi connectivity index (χ1n) is 27.7. The molecule has 0 heterocycles. The maximum atomic E-state index is 12.8. The minimum Gasteiger partial charge on any atom is -0.462 e. The Morgan fingerprint density at radius 3 is 0.823 bits per heavy atom. The largest absolute Gasteiger partial charge is 0.462 e. The summed E-state index contributed by atoms with van der Waals surface area (Å²) in [5, 5.41) is 0. The molecule has 0 amide bonds. The summed E-state index contributed by atoms with van der Waals surface area (Å²) in [5.74, 6) is -0.854. The van der Waals surface area contributed by atoms with Crippen LogP contribution in [-0.2, 0) is 28.6 Å². The van der Waals surface area contributed by atoms with Gasteiger partial charge in [0.05, 0.1) is 0 Å². The molecule has 0 aliphatic heterocycles. The molecule has 62 heavy (non-hydrogen) atoms. The van der Waals surface area contributed by atoms with Crippen molar-refractivity contribution < 1.29 is 28.6 Å². The topological polar surface area (TPSA) is 78.9 Å². The van der Waals surface area contributed by atoms with Crippen LogP contribution in [0.25, 0.3) is 0 Å². The number of hydrogen-bond donors (Lipinski definition) is 0. The van der Waals surface area contributed by atoms with Gasteiger partial charge in [-0.25, -0.2) is 0 Å². The molecular formula is C56H106O6. The number of allylic oxidation sites excluding steroid dienone is 2. The van der Waals surface area contributed by atoms with Crippen LogP contribution >= 0.6 is 0 Å². The van der Waals surface area contributed by atoms with Crippen LogP contribution < -0.4 is 0 Å². The number of unbranched alkanes of at least 4 members (excludes halogenated alkanes) is 38. The van der Waals surface area contributed by atoms with E-state index in [1.807, 2.05) is 0 Å². The van der Waals surface area contributed by atoms with Crippen molar-refractivity contribution in [2.24, 2.45) is 0 Å². The molecule has 0 saturated heterocycles. The summed E-state index contributed by atoms with van der Waals surface area (Å²) in [6, 6.07) is 0. The lowest BCUT2D eigenvalue weighted by atomic mass is 10.0. The second kappa shape index (κ2) is 51.8. The van der Waals surface area contributed by atoms with Crippen molar-refractivity contribution in [1.29, 1.82) is 0 Å². The first kappa shape index (κ1) is 60.2. The lowest BCUT2D eigenvalue weighted by molar-refractivity contribution is -0.167.